The van der Waals surface area contributed by atoms with Crippen LogP contribution >= 0.6 is 0 Å². The second-order valence-corrected chi connectivity index (χ2v) is 8.95. The summed E-state index contributed by atoms with van der Waals surface area (Å²) < 4.78 is 0. The van der Waals surface area contributed by atoms with Crippen LogP contribution in [0.25, 0.3) is 0 Å². The van der Waals surface area contributed by atoms with E-state index in [0.29, 0.717) is 24.9 Å². The van der Waals surface area contributed by atoms with Gasteiger partial charge in [0, 0.05) is 12.8 Å². The van der Waals surface area contributed by atoms with Crippen molar-refractivity contribution < 1.29 is 39.3 Å². The lowest BCUT2D eigenvalue weighted by Crippen LogP contribution is -2.58. The van der Waals surface area contributed by atoms with Crippen molar-refractivity contribution in [2.24, 2.45) is 17.2 Å². The Hall–Kier alpha value is -3.75. The van der Waals surface area contributed by atoms with Gasteiger partial charge in [0.25, 0.3) is 0 Å². The van der Waals surface area contributed by atoms with Crippen molar-refractivity contribution in [3.8, 4) is 5.75 Å². The quantitative estimate of drug-likeness (QED) is 0.0947. The van der Waals surface area contributed by atoms with E-state index in [4.69, 9.17) is 17.2 Å². The molecule has 5 unspecified atom stereocenters. The van der Waals surface area contributed by atoms with E-state index in [0.717, 1.165) is 0 Å². The second kappa shape index (κ2) is 16.2. The van der Waals surface area contributed by atoms with Gasteiger partial charge in [0.2, 0.25) is 23.6 Å². The van der Waals surface area contributed by atoms with Crippen LogP contribution in [-0.2, 0) is 30.4 Å². The van der Waals surface area contributed by atoms with E-state index in [1.54, 1.807) is 0 Å². The molecule has 0 bridgehead atoms. The fourth-order valence-corrected chi connectivity index (χ4v) is 3.42. The Morgan fingerprint density at radius 3 is 1.89 bits per heavy atom. The van der Waals surface area contributed by atoms with Crippen LogP contribution < -0.4 is 33.2 Å². The van der Waals surface area contributed by atoms with Crippen LogP contribution in [0, 0.1) is 0 Å². The fraction of sp³-hybridized carbons (Fsp3) is 0.542. The summed E-state index contributed by atoms with van der Waals surface area (Å²) in [5.41, 5.74) is 16.9. The highest BCUT2D eigenvalue weighted by atomic mass is 16.4. The van der Waals surface area contributed by atoms with Crippen molar-refractivity contribution in [1.29, 1.82) is 0 Å². The maximum atomic E-state index is 13.1. The van der Waals surface area contributed by atoms with Crippen molar-refractivity contribution >= 4 is 29.6 Å². The molecule has 4 amide bonds. The van der Waals surface area contributed by atoms with Gasteiger partial charge in [0.15, 0.2) is 0 Å². The number of aliphatic hydroxyl groups is 1. The molecule has 0 radical (unpaired) electrons. The Kier molecular flexibility index (Phi) is 13.7. The van der Waals surface area contributed by atoms with Gasteiger partial charge in [-0.3, -0.25) is 19.2 Å². The molecule has 0 fully saturated rings. The Balaban J connectivity index is 3.05. The zero-order chi connectivity index (χ0) is 28.8. The molecule has 1 rings (SSSR count). The number of carboxylic acid groups (broad SMARTS) is 1. The molecule has 212 valence electrons. The van der Waals surface area contributed by atoms with Crippen LogP contribution in [0.2, 0.25) is 0 Å². The minimum Gasteiger partial charge on any atom is -0.508 e. The molecule has 1 aromatic rings. The SMILES string of the molecule is CC(O)C(N)C(=O)NC(CCC(N)=O)C(=O)NC(CCCCN)C(=O)NC(Cc1ccc(O)cc1)C(=O)O. The minimum atomic E-state index is -1.35. The normalized spacial score (nSPS) is 14.8. The molecule has 1 aromatic carbocycles. The van der Waals surface area contributed by atoms with E-state index in [1.165, 1.54) is 31.2 Å². The third-order valence-electron chi connectivity index (χ3n) is 5.71. The highest BCUT2D eigenvalue weighted by Gasteiger charge is 2.31. The predicted molar refractivity (Wildman–Crippen MR) is 136 cm³/mol. The Labute approximate surface area is 220 Å². The number of benzene rings is 1. The number of aliphatic carboxylic acids is 1. The van der Waals surface area contributed by atoms with E-state index in [-0.39, 0.29) is 31.4 Å². The van der Waals surface area contributed by atoms with Crippen LogP contribution in [0.1, 0.15) is 44.6 Å². The van der Waals surface area contributed by atoms with Gasteiger partial charge in [-0.1, -0.05) is 12.1 Å². The number of nitrogens with two attached hydrogens (primary N) is 3. The van der Waals surface area contributed by atoms with E-state index < -0.39 is 59.9 Å². The number of hydrogen-bond donors (Lipinski definition) is 9. The second-order valence-electron chi connectivity index (χ2n) is 8.95. The maximum absolute atomic E-state index is 13.1. The van der Waals surface area contributed by atoms with Crippen LogP contribution in [0.3, 0.4) is 0 Å². The number of phenols is 1. The van der Waals surface area contributed by atoms with Crippen molar-refractivity contribution in [1.82, 2.24) is 16.0 Å². The summed E-state index contributed by atoms with van der Waals surface area (Å²) in [6.07, 6.45) is -0.694. The summed E-state index contributed by atoms with van der Waals surface area (Å²) in [4.78, 5) is 61.5. The first-order chi connectivity index (χ1) is 17.8. The number of aliphatic hydroxyl groups excluding tert-OH is 1. The lowest BCUT2D eigenvalue weighted by molar-refractivity contribution is -0.142. The number of carbonyl (C=O) groups excluding carboxylic acids is 4. The third kappa shape index (κ3) is 11.5. The number of phenolic OH excluding ortho intramolecular Hbond substituents is 1. The molecule has 14 nitrogen and oxygen atoms in total. The monoisotopic (exact) mass is 538 g/mol. The van der Waals surface area contributed by atoms with Crippen molar-refractivity contribution in [2.45, 2.75) is 75.7 Å². The molecule has 5 atom stereocenters. The summed E-state index contributed by atoms with van der Waals surface area (Å²) in [5.74, 6) is -4.49. The number of carboxylic acids is 1. The zero-order valence-electron chi connectivity index (χ0n) is 21.3. The van der Waals surface area contributed by atoms with Gasteiger partial charge >= 0.3 is 5.97 Å². The highest BCUT2D eigenvalue weighted by Crippen LogP contribution is 2.12. The van der Waals surface area contributed by atoms with Crippen molar-refractivity contribution in [3.05, 3.63) is 29.8 Å². The molecule has 0 heterocycles. The molecule has 38 heavy (non-hydrogen) atoms. The van der Waals surface area contributed by atoms with Crippen molar-refractivity contribution in [2.75, 3.05) is 6.54 Å². The van der Waals surface area contributed by atoms with Crippen LogP contribution in [0.5, 0.6) is 5.75 Å². The highest BCUT2D eigenvalue weighted by molar-refractivity contribution is 5.94. The Morgan fingerprint density at radius 1 is 0.868 bits per heavy atom. The number of nitrogens with one attached hydrogen (secondary N) is 3. The van der Waals surface area contributed by atoms with E-state index in [2.05, 4.69) is 16.0 Å². The molecule has 0 aromatic heterocycles. The largest absolute Gasteiger partial charge is 0.508 e. The molecule has 0 aliphatic rings. The predicted octanol–water partition coefficient (Wildman–Crippen LogP) is -2.42. The van der Waals surface area contributed by atoms with E-state index in [9.17, 15) is 39.3 Å². The molecular formula is C24H38N6O8. The maximum Gasteiger partial charge on any atom is 0.326 e. The summed E-state index contributed by atoms with van der Waals surface area (Å²) in [7, 11) is 0. The van der Waals surface area contributed by atoms with Gasteiger partial charge in [-0.25, -0.2) is 4.79 Å². The summed E-state index contributed by atoms with van der Waals surface area (Å²) in [6, 6.07) is 0.621. The van der Waals surface area contributed by atoms with Gasteiger partial charge in [0.05, 0.1) is 6.10 Å². The third-order valence-corrected chi connectivity index (χ3v) is 5.71. The first-order valence-electron chi connectivity index (χ1n) is 12.2. The topological polar surface area (TPSA) is 260 Å². The average molecular weight is 539 g/mol. The van der Waals surface area contributed by atoms with Gasteiger partial charge in [-0.15, -0.1) is 0 Å². The number of amides is 4. The van der Waals surface area contributed by atoms with Gasteiger partial charge in [-0.05, 0) is 56.8 Å². The molecule has 0 aliphatic carbocycles. The Bertz CT molecular complexity index is 956. The first-order valence-corrected chi connectivity index (χ1v) is 12.2. The number of unbranched alkanes of at least 4 members (excludes halogenated alkanes) is 1. The summed E-state index contributed by atoms with van der Waals surface area (Å²) >= 11 is 0. The van der Waals surface area contributed by atoms with Crippen LogP contribution in [-0.4, -0.2) is 81.7 Å². The molecule has 14 heteroatoms. The molecule has 12 N–H and O–H groups in total. The van der Waals surface area contributed by atoms with E-state index in [1.807, 2.05) is 0 Å². The number of rotatable bonds is 17. The molecule has 0 aliphatic heterocycles. The number of primary amides is 1. The lowest BCUT2D eigenvalue weighted by atomic mass is 10.0. The van der Waals surface area contributed by atoms with Gasteiger partial charge in [-0.2, -0.15) is 0 Å². The zero-order valence-corrected chi connectivity index (χ0v) is 21.3. The van der Waals surface area contributed by atoms with Gasteiger partial charge < -0.3 is 48.5 Å². The standard InChI is InChI=1S/C24H38N6O8/c1-13(31)20(27)23(36)29-17(9-10-19(26)33)22(35)28-16(4-2-3-11-25)21(34)30-18(24(37)38)12-14-5-7-15(32)8-6-14/h5-8,13,16-18,20,31-32H,2-4,9-12,25,27H2,1H3,(H2,26,33)(H,28,35)(H,29,36)(H,30,34)(H,37,38). The summed E-state index contributed by atoms with van der Waals surface area (Å²) in [6.45, 7) is 1.62. The van der Waals surface area contributed by atoms with Crippen LogP contribution in [0.15, 0.2) is 24.3 Å². The average Bonchev–Trinajstić information content (AvgIpc) is 2.85. The van der Waals surface area contributed by atoms with Crippen molar-refractivity contribution in [3.63, 3.8) is 0 Å². The number of hydrogen-bond acceptors (Lipinski definition) is 9. The molecule has 0 spiro atoms. The minimum absolute atomic E-state index is 0.000256. The fourth-order valence-electron chi connectivity index (χ4n) is 3.42. The van der Waals surface area contributed by atoms with E-state index >= 15 is 0 Å². The van der Waals surface area contributed by atoms with Gasteiger partial charge in [0.1, 0.15) is 29.9 Å². The molecule has 0 saturated heterocycles. The van der Waals surface area contributed by atoms with Crippen LogP contribution in [0.4, 0.5) is 0 Å². The number of carbonyl (C=O) groups is 5. The lowest BCUT2D eigenvalue weighted by Gasteiger charge is -2.25. The Morgan fingerprint density at radius 2 is 1.39 bits per heavy atom. The number of aromatic hydroxyl groups is 1. The molecular weight excluding hydrogens is 500 g/mol. The smallest absolute Gasteiger partial charge is 0.326 e. The first kappa shape index (κ1) is 32.3. The molecule has 0 saturated carbocycles. The summed E-state index contributed by atoms with van der Waals surface area (Å²) in [5, 5.41) is 35.9.